The molecule has 0 bridgehead atoms. The zero-order valence-corrected chi connectivity index (χ0v) is 11.1. The van der Waals surface area contributed by atoms with Crippen LogP contribution in [0.4, 0.5) is 5.82 Å². The number of aromatic nitrogens is 1. The van der Waals surface area contributed by atoms with E-state index in [9.17, 15) is 5.11 Å². The molecule has 0 unspecified atom stereocenters. The van der Waals surface area contributed by atoms with Gasteiger partial charge in [-0.25, -0.2) is 4.98 Å². The van der Waals surface area contributed by atoms with Crippen molar-refractivity contribution in [1.82, 2.24) is 4.98 Å². The third-order valence-electron chi connectivity index (χ3n) is 2.41. The monoisotopic (exact) mass is 260 g/mol. The van der Waals surface area contributed by atoms with E-state index in [0.29, 0.717) is 5.75 Å². The van der Waals surface area contributed by atoms with Crippen LogP contribution in [0.3, 0.4) is 0 Å². The molecular weight excluding hydrogens is 244 g/mol. The van der Waals surface area contributed by atoms with Gasteiger partial charge in [-0.2, -0.15) is 0 Å². The van der Waals surface area contributed by atoms with Crippen LogP contribution < -0.4 is 5.32 Å². The predicted molar refractivity (Wildman–Crippen MR) is 76.1 cm³/mol. The first-order chi connectivity index (χ1) is 8.79. The summed E-state index contributed by atoms with van der Waals surface area (Å²) in [6.07, 6.45) is 0. The summed E-state index contributed by atoms with van der Waals surface area (Å²) in [5.41, 5.74) is 1.00. The van der Waals surface area contributed by atoms with Gasteiger partial charge in [0.25, 0.3) is 0 Å². The molecule has 0 amide bonds. The fourth-order valence-electron chi connectivity index (χ4n) is 1.57. The Morgan fingerprint density at radius 2 is 2.00 bits per heavy atom. The minimum atomic E-state index is 0.324. The van der Waals surface area contributed by atoms with Crippen molar-refractivity contribution in [2.24, 2.45) is 0 Å². The van der Waals surface area contributed by atoms with Gasteiger partial charge in [0.2, 0.25) is 0 Å². The van der Waals surface area contributed by atoms with Gasteiger partial charge >= 0.3 is 0 Å². The average molecular weight is 260 g/mol. The molecule has 1 heterocycles. The van der Waals surface area contributed by atoms with Crippen molar-refractivity contribution in [2.45, 2.75) is 17.6 Å². The number of hydrogen-bond acceptors (Lipinski definition) is 4. The molecule has 0 aliphatic rings. The second kappa shape index (κ2) is 6.31. The number of para-hydroxylation sites is 1. The number of nitrogens with zero attached hydrogens (tertiary/aromatic N) is 1. The normalized spacial score (nSPS) is 10.3. The van der Waals surface area contributed by atoms with Crippen LogP contribution in [0.2, 0.25) is 0 Å². The van der Waals surface area contributed by atoms with Crippen LogP contribution in [0.15, 0.2) is 47.4 Å². The van der Waals surface area contributed by atoms with E-state index in [4.69, 9.17) is 0 Å². The molecule has 1 aromatic heterocycles. The highest BCUT2D eigenvalue weighted by atomic mass is 32.2. The smallest absolute Gasteiger partial charge is 0.129 e. The molecule has 0 fully saturated rings. The molecule has 2 aromatic rings. The molecule has 1 aromatic carbocycles. The first-order valence-corrected chi connectivity index (χ1v) is 6.88. The van der Waals surface area contributed by atoms with Gasteiger partial charge in [0.1, 0.15) is 11.6 Å². The minimum Gasteiger partial charge on any atom is -0.507 e. The molecule has 0 saturated heterocycles. The minimum absolute atomic E-state index is 0.324. The molecule has 94 valence electrons. The topological polar surface area (TPSA) is 45.1 Å². The summed E-state index contributed by atoms with van der Waals surface area (Å²) in [4.78, 5) is 5.38. The quantitative estimate of drug-likeness (QED) is 0.807. The van der Waals surface area contributed by atoms with Crippen LogP contribution in [0.5, 0.6) is 5.75 Å². The number of anilines is 1. The maximum Gasteiger partial charge on any atom is 0.129 e. The van der Waals surface area contributed by atoms with Gasteiger partial charge in [-0.3, -0.25) is 0 Å². The van der Waals surface area contributed by atoms with Crippen molar-refractivity contribution < 1.29 is 5.11 Å². The van der Waals surface area contributed by atoms with Gasteiger partial charge in [0, 0.05) is 17.2 Å². The molecule has 18 heavy (non-hydrogen) atoms. The van der Waals surface area contributed by atoms with E-state index >= 15 is 0 Å². The van der Waals surface area contributed by atoms with Gasteiger partial charge in [-0.15, -0.1) is 11.8 Å². The molecule has 0 atom stereocenters. The highest BCUT2D eigenvalue weighted by Crippen LogP contribution is 2.29. The van der Waals surface area contributed by atoms with Crippen LogP contribution in [-0.2, 0) is 5.75 Å². The zero-order chi connectivity index (χ0) is 12.8. The number of rotatable bonds is 5. The number of phenols is 1. The summed E-state index contributed by atoms with van der Waals surface area (Å²) >= 11 is 1.59. The van der Waals surface area contributed by atoms with Crippen LogP contribution in [0, 0.1) is 0 Å². The summed E-state index contributed by atoms with van der Waals surface area (Å²) in [6, 6.07) is 13.3. The van der Waals surface area contributed by atoms with E-state index in [-0.39, 0.29) is 0 Å². The van der Waals surface area contributed by atoms with Gasteiger partial charge < -0.3 is 10.4 Å². The van der Waals surface area contributed by atoms with Crippen LogP contribution in [0.1, 0.15) is 12.6 Å². The van der Waals surface area contributed by atoms with Crippen LogP contribution in [-0.4, -0.2) is 16.6 Å². The number of nitrogens with one attached hydrogen (secondary N) is 1. The summed E-state index contributed by atoms with van der Waals surface area (Å²) in [5.74, 6) is 1.97. The molecule has 2 rings (SSSR count). The summed E-state index contributed by atoms with van der Waals surface area (Å²) in [5, 5.41) is 12.9. The molecule has 2 N–H and O–H groups in total. The highest BCUT2D eigenvalue weighted by Gasteiger charge is 2.02. The maximum atomic E-state index is 9.67. The Kier molecular flexibility index (Phi) is 4.47. The fourth-order valence-corrected chi connectivity index (χ4v) is 2.43. The Balaban J connectivity index is 2.02. The molecular formula is C14H16N2OS. The largest absolute Gasteiger partial charge is 0.507 e. The van der Waals surface area contributed by atoms with Crippen molar-refractivity contribution >= 4 is 17.6 Å². The van der Waals surface area contributed by atoms with E-state index in [1.165, 1.54) is 0 Å². The van der Waals surface area contributed by atoms with Crippen molar-refractivity contribution in [2.75, 3.05) is 11.9 Å². The molecule has 0 saturated carbocycles. The fraction of sp³-hybridized carbons (Fsp3) is 0.214. The van der Waals surface area contributed by atoms with Gasteiger partial charge in [0.05, 0.1) is 5.69 Å². The lowest BCUT2D eigenvalue weighted by Crippen LogP contribution is -2.00. The second-order valence-corrected chi connectivity index (χ2v) is 4.82. The Morgan fingerprint density at radius 3 is 2.78 bits per heavy atom. The number of pyridine rings is 1. The van der Waals surface area contributed by atoms with Crippen LogP contribution >= 0.6 is 11.8 Å². The number of benzene rings is 1. The lowest BCUT2D eigenvalue weighted by Gasteiger charge is -2.06. The van der Waals surface area contributed by atoms with E-state index in [1.807, 2.05) is 43.3 Å². The summed E-state index contributed by atoms with van der Waals surface area (Å²) in [6.45, 7) is 2.91. The Bertz CT molecular complexity index is 517. The Hall–Kier alpha value is -1.68. The van der Waals surface area contributed by atoms with Gasteiger partial charge in [-0.1, -0.05) is 18.2 Å². The van der Waals surface area contributed by atoms with Crippen molar-refractivity contribution in [1.29, 1.82) is 0 Å². The Labute approximate surface area is 111 Å². The van der Waals surface area contributed by atoms with Gasteiger partial charge in [0.15, 0.2) is 0 Å². The van der Waals surface area contributed by atoms with Gasteiger partial charge in [-0.05, 0) is 31.2 Å². The Morgan fingerprint density at radius 1 is 1.17 bits per heavy atom. The second-order valence-electron chi connectivity index (χ2n) is 3.80. The molecule has 0 aliphatic carbocycles. The van der Waals surface area contributed by atoms with E-state index < -0.39 is 0 Å². The number of aromatic hydroxyl groups is 1. The predicted octanol–water partition coefficient (Wildman–Crippen LogP) is 3.51. The number of phenolic OH excluding ortho intramolecular Hbond substituents is 1. The zero-order valence-electron chi connectivity index (χ0n) is 10.3. The average Bonchev–Trinajstić information content (AvgIpc) is 2.39. The third-order valence-corrected chi connectivity index (χ3v) is 3.50. The molecule has 0 radical (unpaired) electrons. The SMILES string of the molecule is CCNc1cccc(CSc2ccccc2O)n1. The van der Waals surface area contributed by atoms with Crippen molar-refractivity contribution in [3.8, 4) is 5.75 Å². The van der Waals surface area contributed by atoms with Crippen LogP contribution in [0.25, 0.3) is 0 Å². The number of thioether (sulfide) groups is 1. The highest BCUT2D eigenvalue weighted by molar-refractivity contribution is 7.98. The van der Waals surface area contributed by atoms with E-state index in [2.05, 4.69) is 10.3 Å². The summed E-state index contributed by atoms with van der Waals surface area (Å²) in [7, 11) is 0. The molecule has 3 nitrogen and oxygen atoms in total. The van der Waals surface area contributed by atoms with E-state index in [0.717, 1.165) is 28.7 Å². The first-order valence-electron chi connectivity index (χ1n) is 5.90. The summed E-state index contributed by atoms with van der Waals surface area (Å²) < 4.78 is 0. The molecule has 0 aliphatic heterocycles. The third kappa shape index (κ3) is 3.40. The van der Waals surface area contributed by atoms with E-state index in [1.54, 1.807) is 17.8 Å². The lowest BCUT2D eigenvalue weighted by atomic mass is 10.3. The number of hydrogen-bond donors (Lipinski definition) is 2. The lowest BCUT2D eigenvalue weighted by molar-refractivity contribution is 0.462. The maximum absolute atomic E-state index is 9.67. The first kappa shape index (κ1) is 12.8. The van der Waals surface area contributed by atoms with Crippen molar-refractivity contribution in [3.05, 3.63) is 48.2 Å². The van der Waals surface area contributed by atoms with Crippen molar-refractivity contribution in [3.63, 3.8) is 0 Å². The molecule has 0 spiro atoms. The molecule has 4 heteroatoms. The standard InChI is InChI=1S/C14H16N2OS/c1-2-15-14-9-5-6-11(16-14)10-18-13-8-4-3-7-12(13)17/h3-9,17H,2,10H2,1H3,(H,15,16).